The van der Waals surface area contributed by atoms with Crippen LogP contribution in [0.2, 0.25) is 0 Å². The predicted molar refractivity (Wildman–Crippen MR) is 59.9 cm³/mol. The number of fused-ring (bicyclic) bond motifs is 1. The summed E-state index contributed by atoms with van der Waals surface area (Å²) in [5.41, 5.74) is -0.139. The van der Waals surface area contributed by atoms with E-state index >= 15 is 0 Å². The van der Waals surface area contributed by atoms with E-state index in [9.17, 15) is 9.00 Å². The Kier molecular flexibility index (Phi) is 2.72. The van der Waals surface area contributed by atoms with Crippen molar-refractivity contribution in [3.63, 3.8) is 0 Å². The molecule has 82 valence electrons. The highest BCUT2D eigenvalue weighted by Gasteiger charge is 2.15. The summed E-state index contributed by atoms with van der Waals surface area (Å²) < 4.78 is 20.0. The molecule has 2 aromatic rings. The van der Waals surface area contributed by atoms with E-state index in [0.717, 1.165) is 10.8 Å². The summed E-state index contributed by atoms with van der Waals surface area (Å²) in [5.74, 6) is -1.21. The molecule has 0 aliphatic carbocycles. The predicted octanol–water partition coefficient (Wildman–Crippen LogP) is 2.12. The van der Waals surface area contributed by atoms with Crippen LogP contribution in [0, 0.1) is 0 Å². The molecule has 0 bridgehead atoms. The molecule has 16 heavy (non-hydrogen) atoms. The average Bonchev–Trinajstić information content (AvgIpc) is 2.27. The minimum atomic E-state index is -2.30. The van der Waals surface area contributed by atoms with Crippen LogP contribution in [0.3, 0.4) is 0 Å². The first-order valence-corrected chi connectivity index (χ1v) is 5.57. The fourth-order valence-electron chi connectivity index (χ4n) is 1.53. The van der Waals surface area contributed by atoms with Gasteiger partial charge in [-0.05, 0) is 22.9 Å². The van der Waals surface area contributed by atoms with Gasteiger partial charge in [-0.3, -0.25) is 0 Å². The molecule has 0 heterocycles. The molecular formula is C11H8O4S. The lowest BCUT2D eigenvalue weighted by atomic mass is 10.1. The van der Waals surface area contributed by atoms with Gasteiger partial charge in [-0.25, -0.2) is 9.00 Å². The fraction of sp³-hybridized carbons (Fsp3) is 0. The minimum absolute atomic E-state index is 0.0776. The average molecular weight is 236 g/mol. The summed E-state index contributed by atoms with van der Waals surface area (Å²) in [4.78, 5) is 10.8. The lowest BCUT2D eigenvalue weighted by Gasteiger charge is -2.04. The maximum atomic E-state index is 11.0. The molecule has 2 N–H and O–H groups in total. The molecule has 0 aliphatic heterocycles. The van der Waals surface area contributed by atoms with Gasteiger partial charge >= 0.3 is 5.97 Å². The number of benzene rings is 2. The van der Waals surface area contributed by atoms with E-state index < -0.39 is 17.0 Å². The van der Waals surface area contributed by atoms with Crippen LogP contribution < -0.4 is 0 Å². The molecular weight excluding hydrogens is 228 g/mol. The van der Waals surface area contributed by atoms with E-state index in [1.54, 1.807) is 24.3 Å². The summed E-state index contributed by atoms with van der Waals surface area (Å²) in [7, 11) is 0. The number of carboxylic acids is 1. The summed E-state index contributed by atoms with van der Waals surface area (Å²) in [6.07, 6.45) is 0. The van der Waals surface area contributed by atoms with E-state index in [-0.39, 0.29) is 10.5 Å². The van der Waals surface area contributed by atoms with Crippen LogP contribution in [0.1, 0.15) is 10.4 Å². The molecule has 1 atom stereocenters. The largest absolute Gasteiger partial charge is 0.478 e. The second-order valence-corrected chi connectivity index (χ2v) is 4.19. The molecule has 5 heteroatoms. The summed E-state index contributed by atoms with van der Waals surface area (Å²) >= 11 is -2.30. The zero-order valence-corrected chi connectivity index (χ0v) is 8.90. The van der Waals surface area contributed by atoms with Crippen molar-refractivity contribution in [1.82, 2.24) is 0 Å². The first kappa shape index (κ1) is 10.8. The number of carboxylic acid groups (broad SMARTS) is 1. The molecule has 0 fully saturated rings. The van der Waals surface area contributed by atoms with Gasteiger partial charge in [0.15, 0.2) is 11.1 Å². The van der Waals surface area contributed by atoms with E-state index in [0.29, 0.717) is 0 Å². The second-order valence-electron chi connectivity index (χ2n) is 3.25. The molecule has 0 amide bonds. The molecule has 0 radical (unpaired) electrons. The van der Waals surface area contributed by atoms with E-state index in [2.05, 4.69) is 0 Å². The fourth-order valence-corrected chi connectivity index (χ4v) is 2.09. The van der Waals surface area contributed by atoms with Crippen molar-refractivity contribution in [3.8, 4) is 0 Å². The minimum Gasteiger partial charge on any atom is -0.478 e. The SMILES string of the molecule is O=C(O)c1cc2ccccc2cc1S(=O)O. The van der Waals surface area contributed by atoms with Crippen LogP contribution >= 0.6 is 0 Å². The highest BCUT2D eigenvalue weighted by Crippen LogP contribution is 2.22. The zero-order chi connectivity index (χ0) is 11.7. The lowest BCUT2D eigenvalue weighted by Crippen LogP contribution is -2.03. The van der Waals surface area contributed by atoms with Crippen LogP contribution in [-0.4, -0.2) is 19.8 Å². The van der Waals surface area contributed by atoms with Gasteiger partial charge in [-0.2, -0.15) is 0 Å². The molecule has 4 nitrogen and oxygen atoms in total. The maximum Gasteiger partial charge on any atom is 0.337 e. The normalized spacial score (nSPS) is 12.6. The number of hydrogen-bond donors (Lipinski definition) is 2. The van der Waals surface area contributed by atoms with Crippen molar-refractivity contribution >= 4 is 27.8 Å². The van der Waals surface area contributed by atoms with Crippen molar-refractivity contribution in [1.29, 1.82) is 0 Å². The van der Waals surface area contributed by atoms with Gasteiger partial charge in [0.05, 0.1) is 10.5 Å². The highest BCUT2D eigenvalue weighted by molar-refractivity contribution is 7.79. The first-order valence-electron chi connectivity index (χ1n) is 4.46. The van der Waals surface area contributed by atoms with Gasteiger partial charge < -0.3 is 9.66 Å². The van der Waals surface area contributed by atoms with Crippen LogP contribution in [0.15, 0.2) is 41.3 Å². The Morgan fingerprint density at radius 3 is 2.19 bits per heavy atom. The van der Waals surface area contributed by atoms with E-state index in [1.165, 1.54) is 12.1 Å². The molecule has 0 aromatic heterocycles. The van der Waals surface area contributed by atoms with Gasteiger partial charge in [0.25, 0.3) is 0 Å². The number of aromatic carboxylic acids is 1. The molecule has 2 aromatic carbocycles. The van der Waals surface area contributed by atoms with Crippen LogP contribution in [0.5, 0.6) is 0 Å². The third-order valence-electron chi connectivity index (χ3n) is 2.27. The maximum absolute atomic E-state index is 11.0. The van der Waals surface area contributed by atoms with Gasteiger partial charge in [0, 0.05) is 0 Å². The number of rotatable bonds is 2. The third kappa shape index (κ3) is 1.82. The van der Waals surface area contributed by atoms with Gasteiger partial charge in [-0.1, -0.05) is 24.3 Å². The number of hydrogen-bond acceptors (Lipinski definition) is 2. The third-order valence-corrected chi connectivity index (χ3v) is 2.98. The van der Waals surface area contributed by atoms with Crippen LogP contribution in [0.25, 0.3) is 10.8 Å². The van der Waals surface area contributed by atoms with Crippen molar-refractivity contribution in [3.05, 3.63) is 42.0 Å². The topological polar surface area (TPSA) is 74.6 Å². The van der Waals surface area contributed by atoms with Gasteiger partial charge in [0.1, 0.15) is 0 Å². The van der Waals surface area contributed by atoms with Crippen molar-refractivity contribution < 1.29 is 18.7 Å². The highest BCUT2D eigenvalue weighted by atomic mass is 32.2. The Morgan fingerprint density at radius 2 is 1.69 bits per heavy atom. The van der Waals surface area contributed by atoms with Crippen LogP contribution in [0.4, 0.5) is 0 Å². The van der Waals surface area contributed by atoms with Crippen LogP contribution in [-0.2, 0) is 11.1 Å². The smallest absolute Gasteiger partial charge is 0.337 e. The van der Waals surface area contributed by atoms with Crippen molar-refractivity contribution in [2.24, 2.45) is 0 Å². The summed E-state index contributed by atoms with van der Waals surface area (Å²) in [5, 5.41) is 10.4. The summed E-state index contributed by atoms with van der Waals surface area (Å²) in [6, 6.07) is 9.91. The Labute approximate surface area is 93.8 Å². The standard InChI is InChI=1S/C11H8O4S/c12-11(13)9-5-7-3-1-2-4-8(7)6-10(9)16(14)15/h1-6H,(H,12,13)(H,14,15). The van der Waals surface area contributed by atoms with Gasteiger partial charge in [-0.15, -0.1) is 0 Å². The molecule has 1 unspecified atom stereocenters. The molecule has 2 rings (SSSR count). The quantitative estimate of drug-likeness (QED) is 0.783. The van der Waals surface area contributed by atoms with Crippen molar-refractivity contribution in [2.45, 2.75) is 4.90 Å². The lowest BCUT2D eigenvalue weighted by molar-refractivity contribution is 0.0693. The second kappa shape index (κ2) is 4.03. The van der Waals surface area contributed by atoms with E-state index in [1.807, 2.05) is 0 Å². The Balaban J connectivity index is 2.81. The molecule has 0 spiro atoms. The van der Waals surface area contributed by atoms with Gasteiger partial charge in [0.2, 0.25) is 0 Å². The first-order chi connectivity index (χ1) is 7.59. The van der Waals surface area contributed by atoms with E-state index in [4.69, 9.17) is 9.66 Å². The summed E-state index contributed by atoms with van der Waals surface area (Å²) in [6.45, 7) is 0. The monoisotopic (exact) mass is 236 g/mol. The van der Waals surface area contributed by atoms with Crippen molar-refractivity contribution in [2.75, 3.05) is 0 Å². The Bertz CT molecular complexity index is 539. The molecule has 0 saturated carbocycles. The Morgan fingerprint density at radius 1 is 1.12 bits per heavy atom. The molecule has 0 saturated heterocycles. The zero-order valence-electron chi connectivity index (χ0n) is 8.08. The Hall–Kier alpha value is -1.72. The number of carbonyl (C=O) groups is 1. The molecule has 0 aliphatic rings.